The van der Waals surface area contributed by atoms with Crippen molar-refractivity contribution in [3.05, 3.63) is 66.2 Å². The molecule has 0 atom stereocenters. The quantitative estimate of drug-likeness (QED) is 0.567. The van der Waals surface area contributed by atoms with Crippen LogP contribution in [0.3, 0.4) is 0 Å². The summed E-state index contributed by atoms with van der Waals surface area (Å²) in [5, 5.41) is 24.0. The summed E-state index contributed by atoms with van der Waals surface area (Å²) in [6.45, 7) is 0. The average molecular weight is 330 g/mol. The molecule has 120 valence electrons. The number of rotatable bonds is 4. The molecule has 0 spiro atoms. The highest BCUT2D eigenvalue weighted by Crippen LogP contribution is 2.26. The summed E-state index contributed by atoms with van der Waals surface area (Å²) in [6, 6.07) is 19.5. The lowest BCUT2D eigenvalue weighted by Crippen LogP contribution is -1.97. The molecule has 25 heavy (non-hydrogen) atoms. The average Bonchev–Trinajstić information content (AvgIpc) is 3.12. The predicted octanol–water partition coefficient (Wildman–Crippen LogP) is 2.98. The topological polar surface area (TPSA) is 98.2 Å². The lowest BCUT2D eigenvalue weighted by Gasteiger charge is -2.07. The molecule has 4 aromatic rings. The third-order valence-electron chi connectivity index (χ3n) is 3.31. The third-order valence-corrected chi connectivity index (χ3v) is 3.31. The number of nitriles is 1. The van der Waals surface area contributed by atoms with E-state index in [0.29, 0.717) is 34.3 Å². The van der Waals surface area contributed by atoms with Gasteiger partial charge in [-0.2, -0.15) is 5.26 Å². The zero-order chi connectivity index (χ0) is 17.1. The van der Waals surface area contributed by atoms with Crippen LogP contribution >= 0.6 is 0 Å². The van der Waals surface area contributed by atoms with Gasteiger partial charge in [-0.3, -0.25) is 0 Å². The van der Waals surface area contributed by atoms with Crippen molar-refractivity contribution in [3.8, 4) is 29.2 Å². The maximum atomic E-state index is 8.79. The third kappa shape index (κ3) is 3.20. The molecule has 0 saturated carbocycles. The number of tetrazole rings is 1. The first-order valence-electron chi connectivity index (χ1n) is 7.31. The van der Waals surface area contributed by atoms with Crippen LogP contribution in [0.1, 0.15) is 5.56 Å². The molecule has 8 nitrogen and oxygen atoms in total. The minimum absolute atomic E-state index is 0.376. The van der Waals surface area contributed by atoms with E-state index in [-0.39, 0.29) is 0 Å². The molecule has 0 amide bonds. The Hall–Kier alpha value is -3.99. The predicted molar refractivity (Wildman–Crippen MR) is 86.3 cm³/mol. The zero-order valence-corrected chi connectivity index (χ0v) is 12.8. The molecular weight excluding hydrogens is 320 g/mol. The van der Waals surface area contributed by atoms with Crippen LogP contribution in [0.25, 0.3) is 5.65 Å². The molecule has 8 heteroatoms. The van der Waals surface area contributed by atoms with Gasteiger partial charge in [-0.25, -0.2) is 0 Å². The van der Waals surface area contributed by atoms with Gasteiger partial charge in [0.15, 0.2) is 5.65 Å². The second kappa shape index (κ2) is 6.25. The number of hydrogen-bond donors (Lipinski definition) is 0. The summed E-state index contributed by atoms with van der Waals surface area (Å²) in [4.78, 5) is 0. The van der Waals surface area contributed by atoms with Gasteiger partial charge in [-0.15, -0.1) is 14.8 Å². The Morgan fingerprint density at radius 2 is 1.44 bits per heavy atom. The van der Waals surface area contributed by atoms with Crippen molar-refractivity contribution in [2.24, 2.45) is 0 Å². The number of fused-ring (bicyclic) bond motifs is 1. The van der Waals surface area contributed by atoms with Gasteiger partial charge in [0.25, 0.3) is 0 Å². The second-order valence-electron chi connectivity index (χ2n) is 5.01. The standard InChI is InChI=1S/C17H10N6O2/c18-11-12-1-3-13(4-2-12)24-14-5-7-15(8-6-14)25-17-10-9-16-19-21-22-23(16)20-17/h1-10H. The van der Waals surface area contributed by atoms with E-state index >= 15 is 0 Å². The Balaban J connectivity index is 1.46. The minimum Gasteiger partial charge on any atom is -0.457 e. The molecule has 0 bridgehead atoms. The van der Waals surface area contributed by atoms with Crippen LogP contribution in [0.5, 0.6) is 23.1 Å². The lowest BCUT2D eigenvalue weighted by molar-refractivity contribution is 0.443. The Morgan fingerprint density at radius 1 is 0.800 bits per heavy atom. The number of aromatic nitrogens is 5. The molecule has 0 aliphatic carbocycles. The summed E-state index contributed by atoms with van der Waals surface area (Å²) < 4.78 is 12.7. The van der Waals surface area contributed by atoms with Crippen LogP contribution in [-0.4, -0.2) is 25.3 Å². The Bertz CT molecular complexity index is 1050. The number of ether oxygens (including phenoxy) is 2. The van der Waals surface area contributed by atoms with E-state index in [2.05, 4.69) is 26.7 Å². The van der Waals surface area contributed by atoms with E-state index in [1.807, 2.05) is 0 Å². The van der Waals surface area contributed by atoms with Crippen molar-refractivity contribution in [2.45, 2.75) is 0 Å². The summed E-state index contributed by atoms with van der Waals surface area (Å²) in [7, 11) is 0. The van der Waals surface area contributed by atoms with Crippen molar-refractivity contribution < 1.29 is 9.47 Å². The highest BCUT2D eigenvalue weighted by atomic mass is 16.5. The summed E-state index contributed by atoms with van der Waals surface area (Å²) in [5.41, 5.74) is 1.13. The van der Waals surface area contributed by atoms with Gasteiger partial charge in [0, 0.05) is 6.07 Å². The highest BCUT2D eigenvalue weighted by molar-refractivity contribution is 5.40. The molecule has 2 aromatic heterocycles. The Kier molecular flexibility index (Phi) is 3.65. The van der Waals surface area contributed by atoms with Gasteiger partial charge in [0.05, 0.1) is 11.6 Å². The molecule has 0 fully saturated rings. The number of benzene rings is 2. The van der Waals surface area contributed by atoms with E-state index in [9.17, 15) is 0 Å². The molecule has 4 rings (SSSR count). The van der Waals surface area contributed by atoms with Crippen LogP contribution in [0.4, 0.5) is 0 Å². The van der Waals surface area contributed by atoms with Crippen LogP contribution in [-0.2, 0) is 0 Å². The van der Waals surface area contributed by atoms with Crippen LogP contribution in [0.2, 0.25) is 0 Å². The number of hydrogen-bond acceptors (Lipinski definition) is 7. The summed E-state index contributed by atoms with van der Waals surface area (Å²) in [5.74, 6) is 2.28. The van der Waals surface area contributed by atoms with E-state index in [1.54, 1.807) is 60.7 Å². The van der Waals surface area contributed by atoms with Crippen LogP contribution in [0, 0.1) is 11.3 Å². The molecule has 2 heterocycles. The fourth-order valence-corrected chi connectivity index (χ4v) is 2.12. The van der Waals surface area contributed by atoms with E-state index < -0.39 is 0 Å². The van der Waals surface area contributed by atoms with Crippen molar-refractivity contribution in [1.29, 1.82) is 5.26 Å². The van der Waals surface area contributed by atoms with Gasteiger partial charge in [0.2, 0.25) is 5.88 Å². The first-order chi connectivity index (χ1) is 12.3. The second-order valence-corrected chi connectivity index (χ2v) is 5.01. The molecule has 0 unspecified atom stereocenters. The molecule has 0 radical (unpaired) electrons. The van der Waals surface area contributed by atoms with Gasteiger partial charge in [-0.05, 0) is 65.0 Å². The van der Waals surface area contributed by atoms with Gasteiger partial charge in [-0.1, -0.05) is 0 Å². The van der Waals surface area contributed by atoms with Crippen molar-refractivity contribution >= 4 is 5.65 Å². The maximum Gasteiger partial charge on any atom is 0.239 e. The van der Waals surface area contributed by atoms with Gasteiger partial charge < -0.3 is 9.47 Å². The molecular formula is C17H10N6O2. The molecule has 0 aliphatic rings. The van der Waals surface area contributed by atoms with Gasteiger partial charge in [0.1, 0.15) is 17.2 Å². The molecule has 0 aliphatic heterocycles. The lowest BCUT2D eigenvalue weighted by atomic mass is 10.2. The fraction of sp³-hybridized carbons (Fsp3) is 0. The van der Waals surface area contributed by atoms with E-state index in [4.69, 9.17) is 14.7 Å². The Labute approximate surface area is 141 Å². The fourth-order valence-electron chi connectivity index (χ4n) is 2.12. The maximum absolute atomic E-state index is 8.79. The molecule has 0 saturated heterocycles. The van der Waals surface area contributed by atoms with E-state index in [0.717, 1.165) is 0 Å². The summed E-state index contributed by atoms with van der Waals surface area (Å²) in [6.07, 6.45) is 0. The first-order valence-corrected chi connectivity index (χ1v) is 7.31. The Morgan fingerprint density at radius 3 is 2.12 bits per heavy atom. The molecule has 0 N–H and O–H groups in total. The van der Waals surface area contributed by atoms with E-state index in [1.165, 1.54) is 4.63 Å². The van der Waals surface area contributed by atoms with Crippen molar-refractivity contribution in [2.75, 3.05) is 0 Å². The summed E-state index contributed by atoms with van der Waals surface area (Å²) >= 11 is 0. The zero-order valence-electron chi connectivity index (χ0n) is 12.8. The minimum atomic E-state index is 0.376. The van der Waals surface area contributed by atoms with Crippen LogP contribution < -0.4 is 9.47 Å². The smallest absolute Gasteiger partial charge is 0.239 e. The largest absolute Gasteiger partial charge is 0.457 e. The van der Waals surface area contributed by atoms with Crippen LogP contribution in [0.15, 0.2) is 60.7 Å². The highest BCUT2D eigenvalue weighted by Gasteiger charge is 2.04. The normalized spacial score (nSPS) is 10.4. The SMILES string of the molecule is N#Cc1ccc(Oc2ccc(Oc3ccc4nnnn4n3)cc2)cc1. The monoisotopic (exact) mass is 330 g/mol. The van der Waals surface area contributed by atoms with Crippen molar-refractivity contribution in [3.63, 3.8) is 0 Å². The number of nitrogens with zero attached hydrogens (tertiary/aromatic N) is 6. The van der Waals surface area contributed by atoms with Crippen molar-refractivity contribution in [1.82, 2.24) is 25.3 Å². The molecule has 2 aromatic carbocycles. The first kappa shape index (κ1) is 14.6. The van der Waals surface area contributed by atoms with Gasteiger partial charge >= 0.3 is 0 Å².